The van der Waals surface area contributed by atoms with Crippen LogP contribution in [0.15, 0.2) is 36.5 Å². The molecule has 106 valence electrons. The molecule has 1 aliphatic rings. The van der Waals surface area contributed by atoms with Gasteiger partial charge in [0.25, 0.3) is 0 Å². The Morgan fingerprint density at radius 1 is 1.30 bits per heavy atom. The molecular formula is C17H23N3. The number of piperidine rings is 1. The molecular weight excluding hydrogens is 246 g/mol. The maximum atomic E-state index is 4.51. The lowest BCUT2D eigenvalue weighted by Gasteiger charge is -2.31. The van der Waals surface area contributed by atoms with Gasteiger partial charge in [0, 0.05) is 30.9 Å². The molecule has 20 heavy (non-hydrogen) atoms. The minimum absolute atomic E-state index is 0.577. The van der Waals surface area contributed by atoms with Crippen LogP contribution in [0.3, 0.4) is 0 Å². The van der Waals surface area contributed by atoms with Crippen molar-refractivity contribution >= 4 is 0 Å². The van der Waals surface area contributed by atoms with Gasteiger partial charge in [-0.3, -0.25) is 0 Å². The number of rotatable bonds is 4. The lowest BCUT2D eigenvalue weighted by Crippen LogP contribution is -2.36. The summed E-state index contributed by atoms with van der Waals surface area (Å²) in [5.41, 5.74) is 2.60. The molecule has 0 spiro atoms. The second kappa shape index (κ2) is 6.23. The predicted octanol–water partition coefficient (Wildman–Crippen LogP) is 3.14. The van der Waals surface area contributed by atoms with Crippen LogP contribution in [0.1, 0.15) is 35.8 Å². The number of hydrogen-bond acceptors (Lipinski definition) is 2. The van der Waals surface area contributed by atoms with E-state index in [0.717, 1.165) is 19.5 Å². The van der Waals surface area contributed by atoms with Crippen molar-refractivity contribution in [1.82, 2.24) is 14.9 Å². The molecule has 0 aliphatic carbocycles. The summed E-state index contributed by atoms with van der Waals surface area (Å²) in [7, 11) is 0. The number of aromatic amines is 1. The molecule has 0 unspecified atom stereocenters. The molecule has 1 N–H and O–H groups in total. The van der Waals surface area contributed by atoms with E-state index in [1.807, 2.05) is 6.20 Å². The van der Waals surface area contributed by atoms with Crippen LogP contribution in [0.5, 0.6) is 0 Å². The number of H-pyrrole nitrogens is 1. The fourth-order valence-electron chi connectivity index (χ4n) is 3.05. The van der Waals surface area contributed by atoms with Crippen LogP contribution < -0.4 is 0 Å². The maximum absolute atomic E-state index is 4.51. The minimum atomic E-state index is 0.577. The molecule has 0 bridgehead atoms. The van der Waals surface area contributed by atoms with Crippen molar-refractivity contribution in [2.45, 2.75) is 32.1 Å². The molecule has 0 radical (unpaired) electrons. The highest BCUT2D eigenvalue weighted by Crippen LogP contribution is 2.24. The van der Waals surface area contributed by atoms with E-state index in [-0.39, 0.29) is 0 Å². The van der Waals surface area contributed by atoms with Crippen molar-refractivity contribution in [2.24, 2.45) is 0 Å². The fraction of sp³-hybridized carbons (Fsp3) is 0.471. The summed E-state index contributed by atoms with van der Waals surface area (Å²) >= 11 is 0. The summed E-state index contributed by atoms with van der Waals surface area (Å²) in [6, 6.07) is 10.8. The van der Waals surface area contributed by atoms with E-state index in [1.54, 1.807) is 0 Å². The van der Waals surface area contributed by atoms with E-state index in [2.05, 4.69) is 52.1 Å². The van der Waals surface area contributed by atoms with Crippen LogP contribution >= 0.6 is 0 Å². The quantitative estimate of drug-likeness (QED) is 0.924. The number of benzene rings is 1. The highest BCUT2D eigenvalue weighted by Gasteiger charge is 2.22. The number of aromatic nitrogens is 2. The van der Waals surface area contributed by atoms with Gasteiger partial charge in [-0.2, -0.15) is 0 Å². The van der Waals surface area contributed by atoms with Gasteiger partial charge in [-0.25, -0.2) is 4.98 Å². The van der Waals surface area contributed by atoms with Crippen LogP contribution in [0.2, 0.25) is 0 Å². The summed E-state index contributed by atoms with van der Waals surface area (Å²) < 4.78 is 0. The highest BCUT2D eigenvalue weighted by molar-refractivity contribution is 5.15. The Bertz CT molecular complexity index is 532. The van der Waals surface area contributed by atoms with Crippen molar-refractivity contribution in [3.8, 4) is 0 Å². The van der Waals surface area contributed by atoms with E-state index in [0.29, 0.717) is 5.92 Å². The molecule has 1 fully saturated rings. The fourth-order valence-corrected chi connectivity index (χ4v) is 3.05. The van der Waals surface area contributed by atoms with Gasteiger partial charge in [-0.1, -0.05) is 30.3 Å². The van der Waals surface area contributed by atoms with E-state index < -0.39 is 0 Å². The molecule has 0 amide bonds. The Hall–Kier alpha value is -1.61. The number of nitrogens with one attached hydrogen (secondary N) is 1. The highest BCUT2D eigenvalue weighted by atomic mass is 15.1. The van der Waals surface area contributed by atoms with Gasteiger partial charge >= 0.3 is 0 Å². The summed E-state index contributed by atoms with van der Waals surface area (Å²) in [4.78, 5) is 10.5. The Kier molecular flexibility index (Phi) is 4.16. The van der Waals surface area contributed by atoms with Crippen LogP contribution in [-0.4, -0.2) is 34.5 Å². The van der Waals surface area contributed by atoms with Crippen molar-refractivity contribution in [1.29, 1.82) is 0 Å². The molecule has 1 aliphatic heterocycles. The second-order valence-electron chi connectivity index (χ2n) is 5.83. The van der Waals surface area contributed by atoms with Crippen LogP contribution in [0.4, 0.5) is 0 Å². The van der Waals surface area contributed by atoms with Crippen molar-refractivity contribution < 1.29 is 0 Å². The van der Waals surface area contributed by atoms with Gasteiger partial charge in [-0.05, 0) is 38.3 Å². The Morgan fingerprint density at radius 2 is 2.15 bits per heavy atom. The van der Waals surface area contributed by atoms with Gasteiger partial charge in [0.1, 0.15) is 5.82 Å². The monoisotopic (exact) mass is 269 g/mol. The second-order valence-corrected chi connectivity index (χ2v) is 5.83. The zero-order chi connectivity index (χ0) is 13.8. The Labute approximate surface area is 121 Å². The third-order valence-electron chi connectivity index (χ3n) is 4.17. The van der Waals surface area contributed by atoms with E-state index in [1.165, 1.54) is 36.5 Å². The Morgan fingerprint density at radius 3 is 2.90 bits per heavy atom. The molecule has 0 saturated carbocycles. The first kappa shape index (κ1) is 13.4. The summed E-state index contributed by atoms with van der Waals surface area (Å²) in [5, 5.41) is 0. The van der Waals surface area contributed by atoms with Crippen molar-refractivity contribution in [3.05, 3.63) is 53.6 Å². The van der Waals surface area contributed by atoms with Gasteiger partial charge in [-0.15, -0.1) is 0 Å². The first-order valence-electron chi connectivity index (χ1n) is 7.59. The topological polar surface area (TPSA) is 31.9 Å². The van der Waals surface area contributed by atoms with Gasteiger partial charge in [0.2, 0.25) is 0 Å². The molecule has 1 atom stereocenters. The molecule has 2 heterocycles. The number of likely N-dealkylation sites (tertiary alicyclic amines) is 1. The number of aryl methyl sites for hydroxylation is 1. The Balaban J connectivity index is 1.55. The van der Waals surface area contributed by atoms with Crippen LogP contribution in [0.25, 0.3) is 0 Å². The molecule has 3 heteroatoms. The largest absolute Gasteiger partial charge is 0.346 e. The lowest BCUT2D eigenvalue weighted by molar-refractivity contribution is 0.207. The molecule has 1 aromatic heterocycles. The standard InChI is InChI=1S/C17H23N3/c1-14-12-18-17(19-14)16-8-5-10-20(13-16)11-9-15-6-3-2-4-7-15/h2-4,6-7,12,16H,5,8-11,13H2,1H3,(H,18,19)/t16-/m1/s1. The molecule has 3 nitrogen and oxygen atoms in total. The zero-order valence-electron chi connectivity index (χ0n) is 12.2. The number of imidazole rings is 1. The molecule has 3 rings (SSSR count). The summed E-state index contributed by atoms with van der Waals surface area (Å²) in [6.45, 7) is 5.59. The zero-order valence-corrected chi connectivity index (χ0v) is 12.2. The van der Waals surface area contributed by atoms with Crippen LogP contribution in [-0.2, 0) is 6.42 Å². The van der Waals surface area contributed by atoms with E-state index >= 15 is 0 Å². The van der Waals surface area contributed by atoms with Gasteiger partial charge in [0.05, 0.1) is 0 Å². The van der Waals surface area contributed by atoms with Gasteiger partial charge in [0.15, 0.2) is 0 Å². The molecule has 1 saturated heterocycles. The summed E-state index contributed by atoms with van der Waals surface area (Å²) in [5.74, 6) is 1.75. The summed E-state index contributed by atoms with van der Waals surface area (Å²) in [6.07, 6.45) is 5.62. The van der Waals surface area contributed by atoms with E-state index in [4.69, 9.17) is 0 Å². The third-order valence-corrected chi connectivity index (χ3v) is 4.17. The SMILES string of the molecule is Cc1cnc([C@@H]2CCCN(CCc3ccccc3)C2)[nH]1. The average Bonchev–Trinajstić information content (AvgIpc) is 2.93. The third kappa shape index (κ3) is 3.28. The smallest absolute Gasteiger partial charge is 0.110 e. The molecule has 1 aromatic carbocycles. The first-order valence-corrected chi connectivity index (χ1v) is 7.59. The van der Waals surface area contributed by atoms with Crippen molar-refractivity contribution in [3.63, 3.8) is 0 Å². The van der Waals surface area contributed by atoms with Gasteiger partial charge < -0.3 is 9.88 Å². The normalized spacial score (nSPS) is 20.1. The predicted molar refractivity (Wildman–Crippen MR) is 81.9 cm³/mol. The minimum Gasteiger partial charge on any atom is -0.346 e. The van der Waals surface area contributed by atoms with E-state index in [9.17, 15) is 0 Å². The average molecular weight is 269 g/mol. The first-order chi connectivity index (χ1) is 9.81. The van der Waals surface area contributed by atoms with Crippen molar-refractivity contribution in [2.75, 3.05) is 19.6 Å². The van der Waals surface area contributed by atoms with Crippen LogP contribution in [0, 0.1) is 6.92 Å². The number of nitrogens with zero attached hydrogens (tertiary/aromatic N) is 2. The lowest BCUT2D eigenvalue weighted by atomic mass is 9.97. The molecule has 2 aromatic rings. The maximum Gasteiger partial charge on any atom is 0.110 e. The number of hydrogen-bond donors (Lipinski definition) is 1.